The second kappa shape index (κ2) is 2.88. The Hall–Kier alpha value is -0.770. The molecule has 0 aliphatic heterocycles. The minimum absolute atomic E-state index is 0.278. The first-order valence-electron chi connectivity index (χ1n) is 3.79. The van der Waals surface area contributed by atoms with Gasteiger partial charge >= 0.3 is 0 Å². The quantitative estimate of drug-likeness (QED) is 0.468. The molecule has 0 heterocycles. The van der Waals surface area contributed by atoms with Gasteiger partial charge in [0, 0.05) is 0 Å². The lowest BCUT2D eigenvalue weighted by Gasteiger charge is -2.19. The van der Waals surface area contributed by atoms with E-state index >= 15 is 0 Å². The summed E-state index contributed by atoms with van der Waals surface area (Å²) < 4.78 is 0. The summed E-state index contributed by atoms with van der Waals surface area (Å²) in [5.41, 5.74) is 1.38. The molecule has 0 fully saturated rings. The summed E-state index contributed by atoms with van der Waals surface area (Å²) in [7, 11) is 0. The minimum atomic E-state index is 0.278. The molecule has 0 radical (unpaired) electrons. The lowest BCUT2D eigenvalue weighted by molar-refractivity contribution is 0.483. The van der Waals surface area contributed by atoms with Gasteiger partial charge in [-0.3, -0.25) is 0 Å². The molecular weight excluding hydrogens is 122 g/mol. The highest BCUT2D eigenvalue weighted by Gasteiger charge is 2.16. The second-order valence-corrected chi connectivity index (χ2v) is 3.26. The Morgan fingerprint density at radius 2 is 2.40 bits per heavy atom. The summed E-state index contributed by atoms with van der Waals surface area (Å²) in [6.45, 7) is 4.28. The molecular formula is C9H13N. The van der Waals surface area contributed by atoms with Crippen molar-refractivity contribution >= 4 is 0 Å². The third-order valence-electron chi connectivity index (χ3n) is 1.98. The van der Waals surface area contributed by atoms with E-state index in [1.54, 1.807) is 0 Å². The van der Waals surface area contributed by atoms with Crippen LogP contribution in [0.25, 0.3) is 0 Å². The molecule has 0 aromatic carbocycles. The van der Waals surface area contributed by atoms with Gasteiger partial charge in [0.05, 0.1) is 12.0 Å². The summed E-state index contributed by atoms with van der Waals surface area (Å²) in [6.07, 6.45) is 4.31. The zero-order valence-corrected chi connectivity index (χ0v) is 6.59. The molecule has 1 nitrogen and oxygen atoms in total. The van der Waals surface area contributed by atoms with Crippen molar-refractivity contribution in [2.75, 3.05) is 0 Å². The summed E-state index contributed by atoms with van der Waals surface area (Å²) >= 11 is 0. The van der Waals surface area contributed by atoms with E-state index < -0.39 is 0 Å². The van der Waals surface area contributed by atoms with Gasteiger partial charge in [0.15, 0.2) is 0 Å². The fourth-order valence-corrected chi connectivity index (χ4v) is 1.64. The second-order valence-electron chi connectivity index (χ2n) is 3.26. The lowest BCUT2D eigenvalue weighted by atomic mass is 9.85. The first-order chi connectivity index (χ1) is 4.72. The van der Waals surface area contributed by atoms with Gasteiger partial charge in [-0.15, -0.1) is 0 Å². The van der Waals surface area contributed by atoms with Gasteiger partial charge < -0.3 is 0 Å². The van der Waals surface area contributed by atoms with Gasteiger partial charge in [0.1, 0.15) is 0 Å². The maximum absolute atomic E-state index is 8.65. The Kier molecular flexibility index (Phi) is 2.11. The van der Waals surface area contributed by atoms with Gasteiger partial charge in [-0.1, -0.05) is 18.6 Å². The molecule has 0 saturated heterocycles. The molecule has 0 saturated carbocycles. The van der Waals surface area contributed by atoms with Gasteiger partial charge in [-0.05, 0) is 25.7 Å². The smallest absolute Gasteiger partial charge is 0.0659 e. The van der Waals surface area contributed by atoms with E-state index in [1.165, 1.54) is 5.57 Å². The third-order valence-corrected chi connectivity index (χ3v) is 1.98. The lowest BCUT2D eigenvalue weighted by Crippen LogP contribution is -2.09. The summed E-state index contributed by atoms with van der Waals surface area (Å²) in [5, 5.41) is 8.65. The first kappa shape index (κ1) is 7.34. The van der Waals surface area contributed by atoms with Crippen LogP contribution in [0.5, 0.6) is 0 Å². The molecule has 0 aromatic heterocycles. The predicted octanol–water partition coefficient (Wildman–Crippen LogP) is 2.50. The van der Waals surface area contributed by atoms with Crippen molar-refractivity contribution in [3.8, 4) is 6.07 Å². The maximum atomic E-state index is 8.65. The van der Waals surface area contributed by atoms with E-state index in [0.29, 0.717) is 5.92 Å². The van der Waals surface area contributed by atoms with Crippen molar-refractivity contribution in [3.05, 3.63) is 11.6 Å². The topological polar surface area (TPSA) is 23.8 Å². The first-order valence-corrected chi connectivity index (χ1v) is 3.79. The summed E-state index contributed by atoms with van der Waals surface area (Å²) in [4.78, 5) is 0. The van der Waals surface area contributed by atoms with Gasteiger partial charge in [0.2, 0.25) is 0 Å². The Morgan fingerprint density at radius 3 is 2.90 bits per heavy atom. The standard InChI is InChI=1S/C9H13N/c1-7-3-8(2)5-9(4-7)6-10/h3,7,9H,4-5H2,1-2H3. The van der Waals surface area contributed by atoms with Crippen molar-refractivity contribution in [1.29, 1.82) is 5.26 Å². The van der Waals surface area contributed by atoms with Crippen LogP contribution in [-0.4, -0.2) is 0 Å². The van der Waals surface area contributed by atoms with Crippen molar-refractivity contribution in [3.63, 3.8) is 0 Å². The molecule has 1 aliphatic rings. The molecule has 0 bridgehead atoms. The van der Waals surface area contributed by atoms with Crippen LogP contribution in [-0.2, 0) is 0 Å². The molecule has 1 heteroatoms. The minimum Gasteiger partial charge on any atom is -0.198 e. The Bertz CT molecular complexity index is 185. The highest BCUT2D eigenvalue weighted by Crippen LogP contribution is 2.26. The van der Waals surface area contributed by atoms with Crippen LogP contribution >= 0.6 is 0 Å². The van der Waals surface area contributed by atoms with Crippen molar-refractivity contribution < 1.29 is 0 Å². The molecule has 0 N–H and O–H groups in total. The number of nitriles is 1. The van der Waals surface area contributed by atoms with E-state index in [0.717, 1.165) is 12.8 Å². The molecule has 2 atom stereocenters. The largest absolute Gasteiger partial charge is 0.198 e. The van der Waals surface area contributed by atoms with Crippen LogP contribution < -0.4 is 0 Å². The Labute approximate surface area is 62.4 Å². The van der Waals surface area contributed by atoms with Crippen LogP contribution in [0.4, 0.5) is 0 Å². The highest BCUT2D eigenvalue weighted by molar-refractivity contribution is 5.09. The van der Waals surface area contributed by atoms with E-state index in [-0.39, 0.29) is 5.92 Å². The zero-order chi connectivity index (χ0) is 7.56. The SMILES string of the molecule is CC1=CC(C)CC(C#N)C1. The fourth-order valence-electron chi connectivity index (χ4n) is 1.64. The van der Waals surface area contributed by atoms with Crippen LogP contribution in [0.15, 0.2) is 11.6 Å². The average molecular weight is 135 g/mol. The van der Waals surface area contributed by atoms with Gasteiger partial charge in [-0.2, -0.15) is 5.26 Å². The Morgan fingerprint density at radius 1 is 1.70 bits per heavy atom. The van der Waals surface area contributed by atoms with E-state index in [4.69, 9.17) is 5.26 Å². The number of rotatable bonds is 0. The molecule has 2 unspecified atom stereocenters. The van der Waals surface area contributed by atoms with E-state index in [9.17, 15) is 0 Å². The van der Waals surface area contributed by atoms with Crippen molar-refractivity contribution in [2.24, 2.45) is 11.8 Å². The predicted molar refractivity (Wildman–Crippen MR) is 41.3 cm³/mol. The number of hydrogen-bond donors (Lipinski definition) is 0. The Balaban J connectivity index is 2.62. The molecule has 1 rings (SSSR count). The molecule has 10 heavy (non-hydrogen) atoms. The fraction of sp³-hybridized carbons (Fsp3) is 0.667. The summed E-state index contributed by atoms with van der Waals surface area (Å²) in [5.74, 6) is 0.887. The highest BCUT2D eigenvalue weighted by atomic mass is 14.3. The van der Waals surface area contributed by atoms with E-state index in [1.807, 2.05) is 0 Å². The summed E-state index contributed by atoms with van der Waals surface area (Å²) in [6, 6.07) is 2.32. The van der Waals surface area contributed by atoms with Crippen LogP contribution in [0.1, 0.15) is 26.7 Å². The normalized spacial score (nSPS) is 32.7. The zero-order valence-electron chi connectivity index (χ0n) is 6.59. The third kappa shape index (κ3) is 1.60. The van der Waals surface area contributed by atoms with Crippen LogP contribution in [0.3, 0.4) is 0 Å². The molecule has 0 amide bonds. The molecule has 0 spiro atoms. The van der Waals surface area contributed by atoms with Crippen molar-refractivity contribution in [2.45, 2.75) is 26.7 Å². The number of hydrogen-bond acceptors (Lipinski definition) is 1. The van der Waals surface area contributed by atoms with E-state index in [2.05, 4.69) is 26.0 Å². The average Bonchev–Trinajstić information content (AvgIpc) is 1.85. The number of allylic oxidation sites excluding steroid dienone is 2. The molecule has 1 aliphatic carbocycles. The molecule has 54 valence electrons. The molecule has 0 aromatic rings. The van der Waals surface area contributed by atoms with Gasteiger partial charge in [0.25, 0.3) is 0 Å². The van der Waals surface area contributed by atoms with Crippen molar-refractivity contribution in [1.82, 2.24) is 0 Å². The number of nitrogens with zero attached hydrogens (tertiary/aromatic N) is 1. The van der Waals surface area contributed by atoms with Crippen LogP contribution in [0, 0.1) is 23.2 Å². The van der Waals surface area contributed by atoms with Crippen LogP contribution in [0.2, 0.25) is 0 Å². The monoisotopic (exact) mass is 135 g/mol. The maximum Gasteiger partial charge on any atom is 0.0659 e. The van der Waals surface area contributed by atoms with Gasteiger partial charge in [-0.25, -0.2) is 0 Å².